The Hall–Kier alpha value is -0.860. The van der Waals surface area contributed by atoms with Crippen molar-refractivity contribution in [2.24, 2.45) is 10.3 Å². The molecule has 1 unspecified atom stereocenters. The topological polar surface area (TPSA) is 36.8 Å². The van der Waals surface area contributed by atoms with Gasteiger partial charge in [0.15, 0.2) is 0 Å². The third kappa shape index (κ3) is 5.89. The Morgan fingerprint density at radius 1 is 1.50 bits per heavy atom. The first-order valence-corrected chi connectivity index (χ1v) is 4.54. The molecule has 3 heteroatoms. The Bertz CT molecular complexity index is 152. The van der Waals surface area contributed by atoms with Gasteiger partial charge in [0.05, 0.1) is 6.04 Å². The molecule has 1 atom stereocenters. The van der Waals surface area contributed by atoms with E-state index in [0.717, 1.165) is 25.0 Å². The van der Waals surface area contributed by atoms with Crippen LogP contribution in [0, 0.1) is 0 Å². The van der Waals surface area contributed by atoms with Crippen LogP contribution in [0.25, 0.3) is 0 Å². The van der Waals surface area contributed by atoms with Gasteiger partial charge in [0.25, 0.3) is 0 Å². The zero-order valence-corrected chi connectivity index (χ0v) is 8.30. The number of allylic oxidation sites excluding steroid dienone is 1. The van der Waals surface area contributed by atoms with Crippen molar-refractivity contribution >= 4 is 0 Å². The predicted octanol–water partition coefficient (Wildman–Crippen LogP) is 3.06. The van der Waals surface area contributed by atoms with Crippen LogP contribution in [0.2, 0.25) is 0 Å². The van der Waals surface area contributed by atoms with Gasteiger partial charge in [-0.1, -0.05) is 32.1 Å². The van der Waals surface area contributed by atoms with Crippen LogP contribution in [0.3, 0.4) is 0 Å². The second-order valence-corrected chi connectivity index (χ2v) is 2.94. The Balaban J connectivity index is 3.52. The summed E-state index contributed by atoms with van der Waals surface area (Å²) >= 11 is 0. The van der Waals surface area contributed by atoms with Gasteiger partial charge in [-0.2, -0.15) is 5.11 Å². The van der Waals surface area contributed by atoms with Gasteiger partial charge >= 0.3 is 0 Å². The quantitative estimate of drug-likeness (QED) is 0.481. The van der Waals surface area contributed by atoms with E-state index in [2.05, 4.69) is 36.2 Å². The van der Waals surface area contributed by atoms with E-state index < -0.39 is 0 Å². The summed E-state index contributed by atoms with van der Waals surface area (Å²) in [7, 11) is 0. The average Bonchev–Trinajstić information content (AvgIpc) is 2.04. The van der Waals surface area contributed by atoms with E-state index in [4.69, 9.17) is 0 Å². The van der Waals surface area contributed by atoms with E-state index in [1.165, 1.54) is 0 Å². The normalized spacial score (nSPS) is 13.2. The molecular formula is C9H19N3. The number of nitrogens with one attached hydrogen (secondary N) is 1. The van der Waals surface area contributed by atoms with Crippen LogP contribution in [0.1, 0.15) is 40.0 Å². The van der Waals surface area contributed by atoms with Gasteiger partial charge in [-0.25, -0.2) is 0 Å². The minimum absolute atomic E-state index is 0.298. The Morgan fingerprint density at radius 2 is 2.17 bits per heavy atom. The van der Waals surface area contributed by atoms with Crippen LogP contribution in [-0.2, 0) is 0 Å². The molecular weight excluding hydrogens is 150 g/mol. The molecule has 12 heavy (non-hydrogen) atoms. The molecule has 0 aliphatic rings. The highest BCUT2D eigenvalue weighted by molar-refractivity contribution is 4.87. The lowest BCUT2D eigenvalue weighted by atomic mass is 10.3. The van der Waals surface area contributed by atoms with E-state index in [1.54, 1.807) is 0 Å². The molecule has 0 amide bonds. The van der Waals surface area contributed by atoms with E-state index >= 15 is 0 Å². The molecule has 0 radical (unpaired) electrons. The summed E-state index contributed by atoms with van der Waals surface area (Å²) in [6, 6.07) is 0.298. The Morgan fingerprint density at radius 3 is 2.67 bits per heavy atom. The standard InChI is InChI=1S/C9H19N3/c1-5-7-9(4)11-12-10-8(3)6-2/h8H,4-7H2,1-3H3,(H,10,11). The Kier molecular flexibility index (Phi) is 6.34. The van der Waals surface area contributed by atoms with Gasteiger partial charge < -0.3 is 0 Å². The van der Waals surface area contributed by atoms with Crippen molar-refractivity contribution in [2.75, 3.05) is 0 Å². The summed E-state index contributed by atoms with van der Waals surface area (Å²) in [5.41, 5.74) is 3.75. The van der Waals surface area contributed by atoms with Crippen LogP contribution < -0.4 is 5.43 Å². The molecule has 0 saturated heterocycles. The number of hydrogen-bond donors (Lipinski definition) is 1. The largest absolute Gasteiger partial charge is 0.265 e. The highest BCUT2D eigenvalue weighted by Gasteiger charge is 1.92. The fraction of sp³-hybridized carbons (Fsp3) is 0.778. The van der Waals surface area contributed by atoms with Crippen LogP contribution in [0.4, 0.5) is 0 Å². The molecule has 0 aromatic rings. The SMILES string of the molecule is C=C(CCC)NN=NC(C)CC. The van der Waals surface area contributed by atoms with Crippen LogP contribution >= 0.6 is 0 Å². The first-order chi connectivity index (χ1) is 5.70. The van der Waals surface area contributed by atoms with E-state index in [0.29, 0.717) is 6.04 Å². The third-order valence-electron chi connectivity index (χ3n) is 1.61. The van der Waals surface area contributed by atoms with Crippen molar-refractivity contribution in [3.63, 3.8) is 0 Å². The molecule has 0 fully saturated rings. The van der Waals surface area contributed by atoms with Crippen molar-refractivity contribution in [1.29, 1.82) is 0 Å². The molecule has 0 heterocycles. The van der Waals surface area contributed by atoms with Crippen molar-refractivity contribution < 1.29 is 0 Å². The highest BCUT2D eigenvalue weighted by Crippen LogP contribution is 1.98. The van der Waals surface area contributed by atoms with Crippen molar-refractivity contribution in [3.05, 3.63) is 12.3 Å². The van der Waals surface area contributed by atoms with Gasteiger partial charge in [-0.15, -0.1) is 0 Å². The van der Waals surface area contributed by atoms with E-state index in [9.17, 15) is 0 Å². The zero-order valence-electron chi connectivity index (χ0n) is 8.30. The summed E-state index contributed by atoms with van der Waals surface area (Å²) in [5, 5.41) is 7.85. The first kappa shape index (κ1) is 11.1. The van der Waals surface area contributed by atoms with E-state index in [-0.39, 0.29) is 0 Å². The maximum absolute atomic E-state index is 4.02. The summed E-state index contributed by atoms with van der Waals surface area (Å²) in [6.45, 7) is 10.0. The van der Waals surface area contributed by atoms with Gasteiger partial charge in [0, 0.05) is 5.70 Å². The monoisotopic (exact) mass is 169 g/mol. The minimum atomic E-state index is 0.298. The molecule has 3 nitrogen and oxygen atoms in total. The number of rotatable bonds is 6. The molecule has 0 saturated carbocycles. The van der Waals surface area contributed by atoms with Gasteiger partial charge in [-0.3, -0.25) is 5.43 Å². The second kappa shape index (κ2) is 6.83. The summed E-state index contributed by atoms with van der Waals surface area (Å²) in [5.74, 6) is 0. The third-order valence-corrected chi connectivity index (χ3v) is 1.61. The summed E-state index contributed by atoms with van der Waals surface area (Å²) in [6.07, 6.45) is 3.07. The van der Waals surface area contributed by atoms with E-state index in [1.807, 2.05) is 6.92 Å². The minimum Gasteiger partial charge on any atom is -0.265 e. The lowest BCUT2D eigenvalue weighted by molar-refractivity contribution is 0.622. The lowest BCUT2D eigenvalue weighted by Gasteiger charge is -2.02. The molecule has 70 valence electrons. The summed E-state index contributed by atoms with van der Waals surface area (Å²) in [4.78, 5) is 0. The number of hydrogen-bond acceptors (Lipinski definition) is 2. The molecule has 1 N–H and O–H groups in total. The zero-order chi connectivity index (χ0) is 9.40. The maximum Gasteiger partial charge on any atom is 0.0699 e. The van der Waals surface area contributed by atoms with Crippen LogP contribution in [0.15, 0.2) is 22.6 Å². The molecule has 0 aliphatic heterocycles. The highest BCUT2D eigenvalue weighted by atomic mass is 15.4. The van der Waals surface area contributed by atoms with Crippen molar-refractivity contribution in [3.8, 4) is 0 Å². The maximum atomic E-state index is 4.02. The van der Waals surface area contributed by atoms with Gasteiger partial charge in [0.1, 0.15) is 0 Å². The molecule has 0 aliphatic carbocycles. The fourth-order valence-corrected chi connectivity index (χ4v) is 0.637. The molecule has 0 bridgehead atoms. The van der Waals surface area contributed by atoms with Crippen molar-refractivity contribution in [1.82, 2.24) is 5.43 Å². The van der Waals surface area contributed by atoms with Gasteiger partial charge in [0.2, 0.25) is 0 Å². The summed E-state index contributed by atoms with van der Waals surface area (Å²) < 4.78 is 0. The molecule has 0 aromatic carbocycles. The predicted molar refractivity (Wildman–Crippen MR) is 51.8 cm³/mol. The average molecular weight is 169 g/mol. The molecule has 0 aromatic heterocycles. The Labute approximate surface area is 74.9 Å². The lowest BCUT2D eigenvalue weighted by Crippen LogP contribution is -2.04. The van der Waals surface area contributed by atoms with Crippen LogP contribution in [0.5, 0.6) is 0 Å². The first-order valence-electron chi connectivity index (χ1n) is 4.54. The van der Waals surface area contributed by atoms with Gasteiger partial charge in [-0.05, 0) is 19.8 Å². The smallest absolute Gasteiger partial charge is 0.0699 e. The number of nitrogens with zero attached hydrogens (tertiary/aromatic N) is 2. The van der Waals surface area contributed by atoms with Crippen LogP contribution in [-0.4, -0.2) is 6.04 Å². The molecule has 0 rings (SSSR count). The molecule has 0 spiro atoms. The van der Waals surface area contributed by atoms with Crippen molar-refractivity contribution in [2.45, 2.75) is 46.1 Å². The fourth-order valence-electron chi connectivity index (χ4n) is 0.637. The second-order valence-electron chi connectivity index (χ2n) is 2.94.